The van der Waals surface area contributed by atoms with Crippen LogP contribution < -0.4 is 0 Å². The predicted molar refractivity (Wildman–Crippen MR) is 87.5 cm³/mol. The molecule has 7 heteroatoms. The molecule has 0 aliphatic carbocycles. The van der Waals surface area contributed by atoms with Gasteiger partial charge < -0.3 is 10.0 Å². The Morgan fingerprint density at radius 2 is 2.14 bits per heavy atom. The lowest BCUT2D eigenvalue weighted by Crippen LogP contribution is -2.50. The number of carbonyl (C=O) groups excluding carboxylic acids is 1. The number of amides is 1. The number of hydrogen-bond donors (Lipinski definition) is 1. The first-order valence-electron chi connectivity index (χ1n) is 7.45. The minimum absolute atomic E-state index is 0. The van der Waals surface area contributed by atoms with Crippen molar-refractivity contribution in [1.29, 1.82) is 0 Å². The van der Waals surface area contributed by atoms with E-state index in [4.69, 9.17) is 0 Å². The summed E-state index contributed by atoms with van der Waals surface area (Å²) in [5, 5.41) is 11.3. The molecular weight excluding hydrogens is 324 g/mol. The van der Waals surface area contributed by atoms with E-state index in [1.807, 2.05) is 9.80 Å². The summed E-state index contributed by atoms with van der Waals surface area (Å²) in [6.07, 6.45) is 3.48. The van der Waals surface area contributed by atoms with Crippen molar-refractivity contribution in [1.82, 2.24) is 9.80 Å². The Balaban J connectivity index is 0.00000176. The highest BCUT2D eigenvalue weighted by Crippen LogP contribution is 2.24. The van der Waals surface area contributed by atoms with E-state index >= 15 is 0 Å². The van der Waals surface area contributed by atoms with Gasteiger partial charge in [-0.25, -0.2) is 0 Å². The second-order valence-corrected chi connectivity index (χ2v) is 6.76. The number of halogens is 1. The minimum Gasteiger partial charge on any atom is -0.480 e. The van der Waals surface area contributed by atoms with Crippen molar-refractivity contribution in [2.75, 3.05) is 19.6 Å². The fourth-order valence-electron chi connectivity index (χ4n) is 3.19. The van der Waals surface area contributed by atoms with Crippen LogP contribution >= 0.6 is 23.7 Å². The molecule has 1 aromatic rings. The Bertz CT molecular complexity index is 549. The molecule has 1 aromatic heterocycles. The number of hydrogen-bond acceptors (Lipinski definition) is 4. The molecule has 2 aliphatic rings. The molecule has 0 spiro atoms. The van der Waals surface area contributed by atoms with Crippen molar-refractivity contribution < 1.29 is 14.7 Å². The van der Waals surface area contributed by atoms with E-state index in [0.29, 0.717) is 19.5 Å². The minimum atomic E-state index is -0.804. The zero-order chi connectivity index (χ0) is 14.8. The molecule has 22 heavy (non-hydrogen) atoms. The van der Waals surface area contributed by atoms with Gasteiger partial charge in [-0.2, -0.15) is 0 Å². The maximum Gasteiger partial charge on any atom is 0.320 e. The smallest absolute Gasteiger partial charge is 0.320 e. The molecule has 1 saturated heterocycles. The van der Waals surface area contributed by atoms with Crippen molar-refractivity contribution in [3.63, 3.8) is 0 Å². The third kappa shape index (κ3) is 3.62. The van der Waals surface area contributed by atoms with Gasteiger partial charge in [0.1, 0.15) is 6.04 Å². The monoisotopic (exact) mass is 344 g/mol. The first kappa shape index (κ1) is 17.2. The molecule has 0 radical (unpaired) electrons. The number of carboxylic acid groups (broad SMARTS) is 1. The van der Waals surface area contributed by atoms with Gasteiger partial charge >= 0.3 is 5.97 Å². The number of carbonyl (C=O) groups is 2. The average Bonchev–Trinajstić information content (AvgIpc) is 2.94. The van der Waals surface area contributed by atoms with Gasteiger partial charge in [0.05, 0.1) is 6.54 Å². The molecule has 1 N–H and O–H groups in total. The summed E-state index contributed by atoms with van der Waals surface area (Å²) < 4.78 is 0. The molecule has 2 aliphatic heterocycles. The lowest BCUT2D eigenvalue weighted by atomic mass is 10.0. The second-order valence-electron chi connectivity index (χ2n) is 5.75. The molecule has 0 bridgehead atoms. The van der Waals surface area contributed by atoms with Crippen LogP contribution in [0, 0.1) is 0 Å². The van der Waals surface area contributed by atoms with E-state index < -0.39 is 12.0 Å². The Morgan fingerprint density at radius 1 is 1.32 bits per heavy atom. The predicted octanol–water partition coefficient (Wildman–Crippen LogP) is 1.99. The van der Waals surface area contributed by atoms with Gasteiger partial charge in [-0.3, -0.25) is 14.5 Å². The molecule has 3 rings (SSSR count). The molecule has 0 aromatic carbocycles. The number of aliphatic carboxylic acids is 1. The molecule has 5 nitrogen and oxygen atoms in total. The molecule has 1 unspecified atom stereocenters. The number of likely N-dealkylation sites (tertiary alicyclic amines) is 1. The fraction of sp³-hybridized carbons (Fsp3) is 0.600. The van der Waals surface area contributed by atoms with Crippen molar-refractivity contribution in [3.05, 3.63) is 21.9 Å². The van der Waals surface area contributed by atoms with Gasteiger partial charge in [0.2, 0.25) is 5.91 Å². The van der Waals surface area contributed by atoms with Gasteiger partial charge in [0, 0.05) is 18.0 Å². The lowest BCUT2D eigenvalue weighted by molar-refractivity contribution is -0.146. The maximum absolute atomic E-state index is 12.5. The van der Waals surface area contributed by atoms with Crippen LogP contribution in [0.2, 0.25) is 0 Å². The van der Waals surface area contributed by atoms with E-state index in [1.54, 1.807) is 11.3 Å². The maximum atomic E-state index is 12.5. The largest absolute Gasteiger partial charge is 0.480 e. The van der Waals surface area contributed by atoms with Crippen LogP contribution in [-0.2, 0) is 22.6 Å². The molecule has 1 amide bonds. The van der Waals surface area contributed by atoms with Crippen LogP contribution in [0.3, 0.4) is 0 Å². The zero-order valence-corrected chi connectivity index (χ0v) is 14.0. The highest BCUT2D eigenvalue weighted by atomic mass is 35.5. The molecule has 1 atom stereocenters. The number of nitrogens with zero attached hydrogens (tertiary/aromatic N) is 2. The van der Waals surface area contributed by atoms with Crippen LogP contribution in [0.5, 0.6) is 0 Å². The number of rotatable bonds is 3. The van der Waals surface area contributed by atoms with Crippen LogP contribution in [0.1, 0.15) is 29.7 Å². The number of fused-ring (bicyclic) bond motifs is 1. The number of thiophene rings is 1. The Kier molecular flexibility index (Phi) is 5.83. The molecule has 0 saturated carbocycles. The highest BCUT2D eigenvalue weighted by Gasteiger charge is 2.31. The SMILES string of the molecule is Cl.O=C(O)C1CCCCN1CC(=O)N1CCc2sccc2C1. The standard InChI is InChI=1S/C15H20N2O3S.ClH/c18-14(10-16-6-2-1-3-12(16)15(19)20)17-7-4-13-11(9-17)5-8-21-13;/h5,8,12H,1-4,6-7,9-10H2,(H,19,20);1H. The van der Waals surface area contributed by atoms with Crippen molar-refractivity contribution >= 4 is 35.6 Å². The summed E-state index contributed by atoms with van der Waals surface area (Å²) in [6, 6.07) is 1.59. The van der Waals surface area contributed by atoms with Crippen LogP contribution in [0.15, 0.2) is 11.4 Å². The first-order chi connectivity index (χ1) is 10.1. The second kappa shape index (κ2) is 7.44. The first-order valence-corrected chi connectivity index (χ1v) is 8.33. The molecule has 122 valence electrons. The van der Waals surface area contributed by atoms with Gasteiger partial charge in [0.15, 0.2) is 0 Å². The van der Waals surface area contributed by atoms with Crippen LogP contribution in [0.25, 0.3) is 0 Å². The summed E-state index contributed by atoms with van der Waals surface area (Å²) >= 11 is 1.75. The topological polar surface area (TPSA) is 60.9 Å². The third-order valence-corrected chi connectivity index (χ3v) is 5.42. The quantitative estimate of drug-likeness (QED) is 0.911. The van der Waals surface area contributed by atoms with E-state index in [2.05, 4.69) is 11.4 Å². The molecule has 3 heterocycles. The third-order valence-electron chi connectivity index (χ3n) is 4.40. The summed E-state index contributed by atoms with van der Waals surface area (Å²) in [7, 11) is 0. The highest BCUT2D eigenvalue weighted by molar-refractivity contribution is 7.10. The number of carboxylic acids is 1. The summed E-state index contributed by atoms with van der Waals surface area (Å²) in [6.45, 7) is 2.36. The van der Waals surface area contributed by atoms with Crippen molar-refractivity contribution in [2.24, 2.45) is 0 Å². The summed E-state index contributed by atoms with van der Waals surface area (Å²) in [5.41, 5.74) is 1.24. The Morgan fingerprint density at radius 3 is 2.91 bits per heavy atom. The number of piperidine rings is 1. The van der Waals surface area contributed by atoms with Crippen molar-refractivity contribution in [2.45, 2.75) is 38.3 Å². The average molecular weight is 345 g/mol. The van der Waals surface area contributed by atoms with Crippen LogP contribution in [0.4, 0.5) is 0 Å². The van der Waals surface area contributed by atoms with Gasteiger partial charge in [-0.1, -0.05) is 6.42 Å². The Hall–Kier alpha value is -1.11. The van der Waals surface area contributed by atoms with E-state index in [0.717, 1.165) is 25.8 Å². The fourth-order valence-corrected chi connectivity index (χ4v) is 4.08. The van der Waals surface area contributed by atoms with Gasteiger partial charge in [-0.15, -0.1) is 23.7 Å². The summed E-state index contributed by atoms with van der Waals surface area (Å²) in [4.78, 5) is 28.8. The normalized spacial score (nSPS) is 21.8. The molecular formula is C15H21ClN2O3S. The van der Waals surface area contributed by atoms with Gasteiger partial charge in [0.25, 0.3) is 0 Å². The van der Waals surface area contributed by atoms with Crippen molar-refractivity contribution in [3.8, 4) is 0 Å². The Labute approximate surface area is 140 Å². The van der Waals surface area contributed by atoms with E-state index in [9.17, 15) is 14.7 Å². The van der Waals surface area contributed by atoms with Crippen LogP contribution in [-0.4, -0.2) is 52.5 Å². The summed E-state index contributed by atoms with van der Waals surface area (Å²) in [5.74, 6) is -0.749. The van der Waals surface area contributed by atoms with E-state index in [1.165, 1.54) is 10.4 Å². The van der Waals surface area contributed by atoms with E-state index in [-0.39, 0.29) is 24.9 Å². The zero-order valence-electron chi connectivity index (χ0n) is 12.4. The lowest BCUT2D eigenvalue weighted by Gasteiger charge is -2.35. The molecule has 1 fully saturated rings. The van der Waals surface area contributed by atoms with Gasteiger partial charge in [-0.05, 0) is 42.8 Å².